The summed E-state index contributed by atoms with van der Waals surface area (Å²) in [5, 5.41) is 2.96. The van der Waals surface area contributed by atoms with Gasteiger partial charge in [0.05, 0.1) is 4.90 Å². The Labute approximate surface area is 154 Å². The predicted octanol–water partition coefficient (Wildman–Crippen LogP) is 3.00. The van der Waals surface area contributed by atoms with Crippen LogP contribution in [0.3, 0.4) is 0 Å². The van der Waals surface area contributed by atoms with Gasteiger partial charge in [-0.05, 0) is 55.9 Å². The molecule has 3 rings (SSSR count). The highest BCUT2D eigenvalue weighted by molar-refractivity contribution is 7.89. The van der Waals surface area contributed by atoms with Crippen molar-refractivity contribution < 1.29 is 13.2 Å². The molecule has 2 N–H and O–H groups in total. The summed E-state index contributed by atoms with van der Waals surface area (Å²) in [4.78, 5) is 12.6. The molecule has 5 nitrogen and oxygen atoms in total. The number of amides is 1. The van der Waals surface area contributed by atoms with Gasteiger partial charge in [-0.15, -0.1) is 0 Å². The standard InChI is InChI=1S/C20H24N2O3S/c1-14-8-9-18(20(23)22-15(2)17-10-11-17)12-19(14)26(24,25)21-13-16-6-4-3-5-7-16/h3-9,12,15,17,21H,10-11,13H2,1-2H3,(H,22,23). The molecule has 2 aromatic carbocycles. The minimum absolute atomic E-state index is 0.111. The average Bonchev–Trinajstić information content (AvgIpc) is 3.46. The molecule has 0 bridgehead atoms. The topological polar surface area (TPSA) is 75.3 Å². The summed E-state index contributed by atoms with van der Waals surface area (Å²) >= 11 is 0. The molecule has 1 saturated carbocycles. The lowest BCUT2D eigenvalue weighted by molar-refractivity contribution is 0.0935. The molecule has 0 aromatic heterocycles. The van der Waals surface area contributed by atoms with Crippen LogP contribution in [0.15, 0.2) is 53.4 Å². The molecule has 0 spiro atoms. The number of carbonyl (C=O) groups is 1. The maximum Gasteiger partial charge on any atom is 0.251 e. The number of nitrogens with one attached hydrogen (secondary N) is 2. The molecular formula is C20H24N2O3S. The minimum Gasteiger partial charge on any atom is -0.349 e. The second kappa shape index (κ2) is 7.60. The van der Waals surface area contributed by atoms with Crippen LogP contribution in [0, 0.1) is 12.8 Å². The molecule has 26 heavy (non-hydrogen) atoms. The number of benzene rings is 2. The Morgan fingerprint density at radius 2 is 1.85 bits per heavy atom. The summed E-state index contributed by atoms with van der Waals surface area (Å²) in [6.07, 6.45) is 2.27. The van der Waals surface area contributed by atoms with Crippen molar-refractivity contribution in [2.24, 2.45) is 5.92 Å². The third-order valence-corrected chi connectivity index (χ3v) is 6.28. The molecule has 1 amide bonds. The van der Waals surface area contributed by atoms with Crippen LogP contribution in [0.5, 0.6) is 0 Å². The first-order valence-electron chi connectivity index (χ1n) is 8.82. The molecule has 0 radical (unpaired) electrons. The van der Waals surface area contributed by atoms with Gasteiger partial charge in [0.1, 0.15) is 0 Å². The number of hydrogen-bond acceptors (Lipinski definition) is 3. The second-order valence-electron chi connectivity index (χ2n) is 6.89. The van der Waals surface area contributed by atoms with Crippen LogP contribution in [-0.2, 0) is 16.6 Å². The van der Waals surface area contributed by atoms with Crippen molar-refractivity contribution in [1.29, 1.82) is 0 Å². The summed E-state index contributed by atoms with van der Waals surface area (Å²) in [7, 11) is -3.71. The van der Waals surface area contributed by atoms with Crippen molar-refractivity contribution in [3.63, 3.8) is 0 Å². The first-order valence-corrected chi connectivity index (χ1v) is 10.3. The highest BCUT2D eigenvalue weighted by Gasteiger charge is 2.29. The first kappa shape index (κ1) is 18.6. The van der Waals surface area contributed by atoms with Crippen LogP contribution in [0.4, 0.5) is 0 Å². The molecule has 1 aliphatic carbocycles. The maximum absolute atomic E-state index is 12.7. The number of aryl methyl sites for hydroxylation is 1. The summed E-state index contributed by atoms with van der Waals surface area (Å²) in [6.45, 7) is 3.92. The third kappa shape index (κ3) is 4.51. The Hall–Kier alpha value is -2.18. The lowest BCUT2D eigenvalue weighted by atomic mass is 10.1. The first-order chi connectivity index (χ1) is 12.4. The van der Waals surface area contributed by atoms with E-state index in [9.17, 15) is 13.2 Å². The van der Waals surface area contributed by atoms with E-state index in [1.807, 2.05) is 37.3 Å². The van der Waals surface area contributed by atoms with E-state index in [4.69, 9.17) is 0 Å². The molecule has 0 heterocycles. The summed E-state index contributed by atoms with van der Waals surface area (Å²) in [5.41, 5.74) is 1.85. The molecule has 138 valence electrons. The normalized spacial score (nSPS) is 15.5. The lowest BCUT2D eigenvalue weighted by Gasteiger charge is -2.14. The van der Waals surface area contributed by atoms with Gasteiger partial charge >= 0.3 is 0 Å². The molecule has 6 heteroatoms. The van der Waals surface area contributed by atoms with Gasteiger partial charge in [0.15, 0.2) is 0 Å². The number of carbonyl (C=O) groups excluding carboxylic acids is 1. The molecule has 1 aliphatic rings. The Morgan fingerprint density at radius 1 is 1.15 bits per heavy atom. The Bertz CT molecular complexity index is 891. The smallest absolute Gasteiger partial charge is 0.251 e. The van der Waals surface area contributed by atoms with E-state index in [2.05, 4.69) is 10.0 Å². The zero-order valence-corrected chi connectivity index (χ0v) is 15.8. The Balaban J connectivity index is 1.76. The van der Waals surface area contributed by atoms with Gasteiger partial charge in [-0.25, -0.2) is 13.1 Å². The molecule has 1 fully saturated rings. The van der Waals surface area contributed by atoms with Crippen molar-refractivity contribution in [3.8, 4) is 0 Å². The quantitative estimate of drug-likeness (QED) is 0.784. The molecular weight excluding hydrogens is 348 g/mol. The van der Waals surface area contributed by atoms with Crippen molar-refractivity contribution in [3.05, 3.63) is 65.2 Å². The zero-order chi connectivity index (χ0) is 18.7. The van der Waals surface area contributed by atoms with Crippen molar-refractivity contribution in [1.82, 2.24) is 10.0 Å². The fraction of sp³-hybridized carbons (Fsp3) is 0.350. The highest BCUT2D eigenvalue weighted by atomic mass is 32.2. The van der Waals surface area contributed by atoms with Crippen molar-refractivity contribution >= 4 is 15.9 Å². The highest BCUT2D eigenvalue weighted by Crippen LogP contribution is 2.32. The summed E-state index contributed by atoms with van der Waals surface area (Å²) < 4.78 is 28.0. The van der Waals surface area contributed by atoms with Gasteiger partial charge in [-0.2, -0.15) is 0 Å². The molecule has 1 unspecified atom stereocenters. The van der Waals surface area contributed by atoms with E-state index in [0.29, 0.717) is 17.0 Å². The van der Waals surface area contributed by atoms with Gasteiger partial charge in [0, 0.05) is 18.2 Å². The summed E-state index contributed by atoms with van der Waals surface area (Å²) in [5.74, 6) is 0.309. The minimum atomic E-state index is -3.71. The van der Waals surface area contributed by atoms with Gasteiger partial charge in [0.2, 0.25) is 10.0 Å². The van der Waals surface area contributed by atoms with E-state index in [1.165, 1.54) is 6.07 Å². The monoisotopic (exact) mass is 372 g/mol. The fourth-order valence-electron chi connectivity index (χ4n) is 2.89. The van der Waals surface area contributed by atoms with Gasteiger partial charge in [0.25, 0.3) is 5.91 Å². The molecule has 0 saturated heterocycles. The molecule has 0 aliphatic heterocycles. The van der Waals surface area contributed by atoms with E-state index in [0.717, 1.165) is 18.4 Å². The maximum atomic E-state index is 12.7. The second-order valence-corrected chi connectivity index (χ2v) is 8.63. The van der Waals surface area contributed by atoms with Gasteiger partial charge < -0.3 is 5.32 Å². The van der Waals surface area contributed by atoms with E-state index in [1.54, 1.807) is 19.1 Å². The predicted molar refractivity (Wildman–Crippen MR) is 101 cm³/mol. The Morgan fingerprint density at radius 3 is 2.50 bits per heavy atom. The van der Waals surface area contributed by atoms with Gasteiger partial charge in [-0.1, -0.05) is 36.4 Å². The van der Waals surface area contributed by atoms with E-state index >= 15 is 0 Å². The molecule has 2 aromatic rings. The largest absolute Gasteiger partial charge is 0.349 e. The fourth-order valence-corrected chi connectivity index (χ4v) is 4.17. The van der Waals surface area contributed by atoms with E-state index < -0.39 is 10.0 Å². The summed E-state index contributed by atoms with van der Waals surface area (Å²) in [6, 6.07) is 14.2. The van der Waals surface area contributed by atoms with Gasteiger partial charge in [-0.3, -0.25) is 4.79 Å². The number of sulfonamides is 1. The SMILES string of the molecule is Cc1ccc(C(=O)NC(C)C2CC2)cc1S(=O)(=O)NCc1ccccc1. The van der Waals surface area contributed by atoms with Crippen molar-refractivity contribution in [2.45, 2.75) is 44.2 Å². The van der Waals surface area contributed by atoms with Crippen LogP contribution in [0.25, 0.3) is 0 Å². The van der Waals surface area contributed by atoms with Crippen LogP contribution < -0.4 is 10.0 Å². The zero-order valence-electron chi connectivity index (χ0n) is 15.0. The number of hydrogen-bond donors (Lipinski definition) is 2. The van der Waals surface area contributed by atoms with E-state index in [-0.39, 0.29) is 23.4 Å². The number of rotatable bonds is 7. The third-order valence-electron chi connectivity index (χ3n) is 4.74. The average molecular weight is 372 g/mol. The van der Waals surface area contributed by atoms with Crippen LogP contribution in [0.1, 0.15) is 41.3 Å². The van der Waals surface area contributed by atoms with Crippen LogP contribution in [-0.4, -0.2) is 20.4 Å². The van der Waals surface area contributed by atoms with Crippen LogP contribution in [0.2, 0.25) is 0 Å². The lowest BCUT2D eigenvalue weighted by Crippen LogP contribution is -2.34. The van der Waals surface area contributed by atoms with Crippen LogP contribution >= 0.6 is 0 Å². The molecule has 1 atom stereocenters. The van der Waals surface area contributed by atoms with Crippen molar-refractivity contribution in [2.75, 3.05) is 0 Å². The Kier molecular flexibility index (Phi) is 5.44.